The van der Waals surface area contributed by atoms with E-state index in [1.165, 1.54) is 0 Å². The quantitative estimate of drug-likeness (QED) is 0.493. The molecule has 3 aromatic rings. The molecule has 0 amide bonds. The van der Waals surface area contributed by atoms with Gasteiger partial charge < -0.3 is 14.6 Å². The van der Waals surface area contributed by atoms with Crippen LogP contribution in [-0.2, 0) is 28.2 Å². The van der Waals surface area contributed by atoms with Crippen molar-refractivity contribution >= 4 is 5.97 Å². The highest BCUT2D eigenvalue weighted by Gasteiger charge is 2.35. The van der Waals surface area contributed by atoms with Gasteiger partial charge in [0.1, 0.15) is 5.82 Å². The molecular formula is C23H28N4O4. The Morgan fingerprint density at radius 2 is 1.87 bits per heavy atom. The van der Waals surface area contributed by atoms with Gasteiger partial charge in [-0.25, -0.2) is 14.5 Å². The highest BCUT2D eigenvalue weighted by Crippen LogP contribution is 2.28. The number of nitrogens with zero attached hydrogens (tertiary/aromatic N) is 4. The lowest BCUT2D eigenvalue weighted by Gasteiger charge is -2.26. The van der Waals surface area contributed by atoms with Crippen LogP contribution >= 0.6 is 0 Å². The predicted molar refractivity (Wildman–Crippen MR) is 116 cm³/mol. The van der Waals surface area contributed by atoms with Gasteiger partial charge in [-0.15, -0.1) is 5.10 Å². The SMILES string of the molecule is CCCc1nc(C(CC)(OC)OC)nn1Cc1ccc(-c2ccccc2C(=O)O)nc1. The average Bonchev–Trinajstić information content (AvgIpc) is 3.19. The molecule has 164 valence electrons. The van der Waals surface area contributed by atoms with E-state index in [1.807, 2.05) is 23.7 Å². The maximum absolute atomic E-state index is 11.5. The lowest BCUT2D eigenvalue weighted by molar-refractivity contribution is -0.222. The van der Waals surface area contributed by atoms with E-state index in [0.717, 1.165) is 24.2 Å². The number of hydrogen-bond donors (Lipinski definition) is 1. The van der Waals surface area contributed by atoms with E-state index in [9.17, 15) is 9.90 Å². The zero-order chi connectivity index (χ0) is 22.4. The van der Waals surface area contributed by atoms with Crippen LogP contribution in [0.15, 0.2) is 42.6 Å². The van der Waals surface area contributed by atoms with E-state index in [2.05, 4.69) is 17.0 Å². The van der Waals surface area contributed by atoms with E-state index in [0.29, 0.717) is 30.0 Å². The second kappa shape index (κ2) is 9.80. The van der Waals surface area contributed by atoms with Crippen LogP contribution in [0.1, 0.15) is 54.3 Å². The molecule has 31 heavy (non-hydrogen) atoms. The number of rotatable bonds is 10. The summed E-state index contributed by atoms with van der Waals surface area (Å²) in [4.78, 5) is 20.7. The number of hydrogen-bond acceptors (Lipinski definition) is 6. The summed E-state index contributed by atoms with van der Waals surface area (Å²) in [6.45, 7) is 4.54. The number of aryl methyl sites for hydroxylation is 1. The summed E-state index contributed by atoms with van der Waals surface area (Å²) in [7, 11) is 3.18. The van der Waals surface area contributed by atoms with Crippen LogP contribution in [0, 0.1) is 0 Å². The Morgan fingerprint density at radius 1 is 1.13 bits per heavy atom. The van der Waals surface area contributed by atoms with Gasteiger partial charge in [-0.05, 0) is 24.1 Å². The summed E-state index contributed by atoms with van der Waals surface area (Å²) in [6.07, 6.45) is 4.03. The maximum Gasteiger partial charge on any atom is 0.336 e. The van der Waals surface area contributed by atoms with E-state index in [4.69, 9.17) is 14.5 Å². The van der Waals surface area contributed by atoms with Gasteiger partial charge in [0, 0.05) is 38.8 Å². The molecule has 0 saturated heterocycles. The van der Waals surface area contributed by atoms with Gasteiger partial charge in [0.05, 0.1) is 17.8 Å². The molecule has 0 saturated carbocycles. The minimum absolute atomic E-state index is 0.226. The summed E-state index contributed by atoms with van der Waals surface area (Å²) in [5, 5.41) is 14.1. The summed E-state index contributed by atoms with van der Waals surface area (Å²) in [5.41, 5.74) is 2.36. The van der Waals surface area contributed by atoms with Crippen molar-refractivity contribution in [3.05, 3.63) is 65.4 Å². The molecule has 1 N–H and O–H groups in total. The molecule has 1 aromatic carbocycles. The van der Waals surface area contributed by atoms with Gasteiger partial charge in [-0.1, -0.05) is 38.1 Å². The van der Waals surface area contributed by atoms with Crippen LogP contribution in [0.5, 0.6) is 0 Å². The van der Waals surface area contributed by atoms with E-state index in [-0.39, 0.29) is 5.56 Å². The number of carbonyl (C=O) groups is 1. The number of aromatic nitrogens is 4. The molecule has 8 heteroatoms. The zero-order valence-corrected chi connectivity index (χ0v) is 18.3. The first-order chi connectivity index (χ1) is 15.0. The molecule has 0 unspecified atom stereocenters. The second-order valence-electron chi connectivity index (χ2n) is 7.18. The summed E-state index contributed by atoms with van der Waals surface area (Å²) >= 11 is 0. The molecule has 0 aliphatic carbocycles. The number of ether oxygens (including phenoxy) is 2. The highest BCUT2D eigenvalue weighted by atomic mass is 16.7. The largest absolute Gasteiger partial charge is 0.478 e. The van der Waals surface area contributed by atoms with Crippen LogP contribution in [0.3, 0.4) is 0 Å². The maximum atomic E-state index is 11.5. The first kappa shape index (κ1) is 22.6. The van der Waals surface area contributed by atoms with E-state index >= 15 is 0 Å². The van der Waals surface area contributed by atoms with E-state index < -0.39 is 11.8 Å². The fourth-order valence-electron chi connectivity index (χ4n) is 3.53. The monoisotopic (exact) mass is 424 g/mol. The summed E-state index contributed by atoms with van der Waals surface area (Å²) < 4.78 is 13.0. The number of carboxylic acid groups (broad SMARTS) is 1. The molecule has 0 aliphatic rings. The fourth-order valence-corrected chi connectivity index (χ4v) is 3.53. The average molecular weight is 425 g/mol. The molecule has 0 spiro atoms. The Labute approximate surface area is 181 Å². The van der Waals surface area contributed by atoms with Gasteiger partial charge in [0.25, 0.3) is 0 Å². The molecule has 0 radical (unpaired) electrons. The molecule has 0 fully saturated rings. The van der Waals surface area contributed by atoms with Gasteiger partial charge >= 0.3 is 5.97 Å². The smallest absolute Gasteiger partial charge is 0.336 e. The Hall–Kier alpha value is -3.10. The van der Waals surface area contributed by atoms with Crippen LogP contribution in [0.2, 0.25) is 0 Å². The van der Waals surface area contributed by atoms with Crippen molar-refractivity contribution in [2.45, 2.75) is 45.4 Å². The first-order valence-corrected chi connectivity index (χ1v) is 10.3. The van der Waals surface area contributed by atoms with Gasteiger partial charge in [0.2, 0.25) is 11.6 Å². The summed E-state index contributed by atoms with van der Waals surface area (Å²) in [5.74, 6) is -0.596. The lowest BCUT2D eigenvalue weighted by Crippen LogP contribution is -2.31. The number of pyridine rings is 1. The molecule has 3 rings (SSSR count). The van der Waals surface area contributed by atoms with Crippen LogP contribution in [0.25, 0.3) is 11.3 Å². The number of carboxylic acids is 1. The number of methoxy groups -OCH3 is 2. The Balaban J connectivity index is 1.90. The fraction of sp³-hybridized carbons (Fsp3) is 0.391. The Bertz CT molecular complexity index is 1020. The van der Waals surface area contributed by atoms with Crippen LogP contribution in [-0.4, -0.2) is 45.0 Å². The van der Waals surface area contributed by atoms with Crippen molar-refractivity contribution in [3.63, 3.8) is 0 Å². The Kier molecular flexibility index (Phi) is 7.14. The van der Waals surface area contributed by atoms with Crippen molar-refractivity contribution in [3.8, 4) is 11.3 Å². The normalized spacial score (nSPS) is 11.6. The topological polar surface area (TPSA) is 99.4 Å². The molecular weight excluding hydrogens is 396 g/mol. The van der Waals surface area contributed by atoms with Crippen molar-refractivity contribution in [2.75, 3.05) is 14.2 Å². The zero-order valence-electron chi connectivity index (χ0n) is 18.3. The summed E-state index contributed by atoms with van der Waals surface area (Å²) in [6, 6.07) is 10.6. The molecule has 0 aliphatic heterocycles. The van der Waals surface area contributed by atoms with Crippen molar-refractivity contribution < 1.29 is 19.4 Å². The molecule has 0 bridgehead atoms. The van der Waals surface area contributed by atoms with Gasteiger partial charge in [0.15, 0.2) is 0 Å². The van der Waals surface area contributed by atoms with Crippen molar-refractivity contribution in [2.24, 2.45) is 0 Å². The molecule has 8 nitrogen and oxygen atoms in total. The van der Waals surface area contributed by atoms with Crippen LogP contribution < -0.4 is 0 Å². The highest BCUT2D eigenvalue weighted by molar-refractivity contribution is 5.95. The van der Waals surface area contributed by atoms with Crippen molar-refractivity contribution in [1.29, 1.82) is 0 Å². The Morgan fingerprint density at radius 3 is 2.45 bits per heavy atom. The van der Waals surface area contributed by atoms with Crippen LogP contribution in [0.4, 0.5) is 0 Å². The molecule has 2 heterocycles. The minimum atomic E-state index is -0.976. The van der Waals surface area contributed by atoms with Gasteiger partial charge in [-0.3, -0.25) is 4.98 Å². The second-order valence-corrected chi connectivity index (χ2v) is 7.18. The third-order valence-electron chi connectivity index (χ3n) is 5.28. The number of aromatic carboxylic acids is 1. The van der Waals surface area contributed by atoms with E-state index in [1.54, 1.807) is 44.7 Å². The molecule has 2 aromatic heterocycles. The third kappa shape index (κ3) is 4.65. The van der Waals surface area contributed by atoms with Crippen molar-refractivity contribution in [1.82, 2.24) is 19.7 Å². The first-order valence-electron chi connectivity index (χ1n) is 10.3. The lowest BCUT2D eigenvalue weighted by atomic mass is 10.0. The minimum Gasteiger partial charge on any atom is -0.478 e. The predicted octanol–water partition coefficient (Wildman–Crippen LogP) is 3.89. The third-order valence-corrected chi connectivity index (χ3v) is 5.28. The van der Waals surface area contributed by atoms with Gasteiger partial charge in [-0.2, -0.15) is 0 Å². The standard InChI is InChI=1S/C23H28N4O4/c1-5-9-20-25-22(23(6-2,30-3)31-4)26-27(20)15-16-12-13-19(24-14-16)17-10-7-8-11-18(17)21(28)29/h7-8,10-14H,5-6,9,15H2,1-4H3,(H,28,29). The molecule has 0 atom stereocenters. The number of benzene rings is 1.